The van der Waals surface area contributed by atoms with E-state index in [1.807, 2.05) is 0 Å². The molecule has 0 heterocycles. The third-order valence-electron chi connectivity index (χ3n) is 8.52. The van der Waals surface area contributed by atoms with E-state index in [1.165, 1.54) is 154 Å². The largest absolute Gasteiger partial charge is 0.328 e. The van der Waals surface area contributed by atoms with Gasteiger partial charge in [0.15, 0.2) is 0 Å². The molecule has 0 saturated heterocycles. The fraction of sp³-hybridized carbons (Fsp3) is 0.919. The lowest BCUT2D eigenvalue weighted by molar-refractivity contribution is -0.120. The molecule has 5 nitrogen and oxygen atoms in total. The van der Waals surface area contributed by atoms with Crippen molar-refractivity contribution in [2.24, 2.45) is 0 Å². The van der Waals surface area contributed by atoms with Gasteiger partial charge in [0.1, 0.15) is 0 Å². The van der Waals surface area contributed by atoms with Gasteiger partial charge in [0.2, 0.25) is 11.8 Å². The number of rotatable bonds is 32. The quantitative estimate of drug-likeness (QED) is 0.0763. The molecule has 0 fully saturated rings. The lowest BCUT2D eigenvalue weighted by Gasteiger charge is -2.06. The first-order valence-corrected chi connectivity index (χ1v) is 18.7. The van der Waals surface area contributed by atoms with Crippen LogP contribution in [-0.4, -0.2) is 17.8 Å². The van der Waals surface area contributed by atoms with E-state index in [2.05, 4.69) is 24.5 Å². The molecule has 5 heteroatoms. The number of hydrogen-bond donors (Lipinski definition) is 2. The second-order valence-corrected chi connectivity index (χ2v) is 12.8. The Morgan fingerprint density at radius 2 is 0.500 bits per heavy atom. The zero-order valence-electron chi connectivity index (χ0n) is 28.4. The van der Waals surface area contributed by atoms with Gasteiger partial charge in [0, 0.05) is 12.8 Å². The van der Waals surface area contributed by atoms with Crippen LogP contribution in [0, 0.1) is 0 Å². The Hall–Kier alpha value is -1.39. The van der Waals surface area contributed by atoms with E-state index >= 15 is 0 Å². The van der Waals surface area contributed by atoms with Crippen molar-refractivity contribution in [1.82, 2.24) is 10.6 Å². The maximum Gasteiger partial charge on any atom is 0.328 e. The Balaban J connectivity index is 3.40. The highest BCUT2D eigenvalue weighted by atomic mass is 16.2. The summed E-state index contributed by atoms with van der Waals surface area (Å²) >= 11 is 0. The van der Waals surface area contributed by atoms with Crippen molar-refractivity contribution >= 4 is 17.8 Å². The molecule has 4 amide bonds. The fourth-order valence-corrected chi connectivity index (χ4v) is 5.72. The second kappa shape index (κ2) is 34.1. The summed E-state index contributed by atoms with van der Waals surface area (Å²) in [7, 11) is 0. The summed E-state index contributed by atoms with van der Waals surface area (Å²) in [5, 5.41) is 4.61. The molecule has 2 N–H and O–H groups in total. The van der Waals surface area contributed by atoms with Gasteiger partial charge in [0.05, 0.1) is 0 Å². The van der Waals surface area contributed by atoms with Gasteiger partial charge in [-0.1, -0.05) is 194 Å². The van der Waals surface area contributed by atoms with Crippen LogP contribution in [0.2, 0.25) is 0 Å². The summed E-state index contributed by atoms with van der Waals surface area (Å²) in [5.41, 5.74) is 0. The van der Waals surface area contributed by atoms with E-state index in [9.17, 15) is 14.4 Å². The first-order valence-electron chi connectivity index (χ1n) is 18.7. The molecule has 0 aliphatic rings. The Morgan fingerprint density at radius 1 is 0.310 bits per heavy atom. The fourth-order valence-electron chi connectivity index (χ4n) is 5.72. The minimum Gasteiger partial charge on any atom is -0.278 e. The highest BCUT2D eigenvalue weighted by Gasteiger charge is 2.11. The van der Waals surface area contributed by atoms with Gasteiger partial charge in [0.25, 0.3) is 0 Å². The third kappa shape index (κ3) is 33.1. The van der Waals surface area contributed by atoms with Crippen LogP contribution in [0.4, 0.5) is 4.79 Å². The van der Waals surface area contributed by atoms with Gasteiger partial charge in [-0.2, -0.15) is 0 Å². The summed E-state index contributed by atoms with van der Waals surface area (Å²) in [6.07, 6.45) is 39.2. The first-order chi connectivity index (χ1) is 20.6. The summed E-state index contributed by atoms with van der Waals surface area (Å²) in [6.45, 7) is 4.54. The summed E-state index contributed by atoms with van der Waals surface area (Å²) in [6, 6.07) is -0.674. The summed E-state index contributed by atoms with van der Waals surface area (Å²) < 4.78 is 0. The molecule has 0 aromatic carbocycles. The van der Waals surface area contributed by atoms with E-state index in [1.54, 1.807) is 0 Å². The molecule has 0 bridgehead atoms. The third-order valence-corrected chi connectivity index (χ3v) is 8.52. The Bertz CT molecular complexity index is 558. The molecule has 0 aliphatic heterocycles. The van der Waals surface area contributed by atoms with Gasteiger partial charge >= 0.3 is 6.03 Å². The molecule has 248 valence electrons. The average molecular weight is 593 g/mol. The molecule has 0 unspecified atom stereocenters. The maximum atomic E-state index is 12.0. The molecule has 42 heavy (non-hydrogen) atoms. The molecule has 0 atom stereocenters. The molecule has 0 radical (unpaired) electrons. The van der Waals surface area contributed by atoms with Crippen LogP contribution in [0.15, 0.2) is 0 Å². The second-order valence-electron chi connectivity index (χ2n) is 12.8. The molecule has 0 aromatic heterocycles. The van der Waals surface area contributed by atoms with Crippen LogP contribution < -0.4 is 10.6 Å². The topological polar surface area (TPSA) is 75.3 Å². The normalized spacial score (nSPS) is 11.1. The van der Waals surface area contributed by atoms with Crippen LogP contribution in [0.25, 0.3) is 0 Å². The smallest absolute Gasteiger partial charge is 0.278 e. The molecular formula is C37H72N2O3. The van der Waals surface area contributed by atoms with Gasteiger partial charge in [-0.3, -0.25) is 20.2 Å². The number of carbonyl (C=O) groups excluding carboxylic acids is 3. The number of urea groups is 1. The Morgan fingerprint density at radius 3 is 0.714 bits per heavy atom. The monoisotopic (exact) mass is 593 g/mol. The van der Waals surface area contributed by atoms with Crippen LogP contribution >= 0.6 is 0 Å². The first kappa shape index (κ1) is 40.6. The van der Waals surface area contributed by atoms with E-state index in [0.29, 0.717) is 12.8 Å². The zero-order valence-corrected chi connectivity index (χ0v) is 28.4. The molecule has 0 spiro atoms. The van der Waals surface area contributed by atoms with Crippen molar-refractivity contribution in [3.63, 3.8) is 0 Å². The van der Waals surface area contributed by atoms with E-state index in [0.717, 1.165) is 38.5 Å². The summed E-state index contributed by atoms with van der Waals surface area (Å²) in [5.74, 6) is -0.580. The standard InChI is InChI=1S/C37H72N2O3/c1-3-5-7-9-11-13-15-17-19-21-23-25-27-29-31-33-35(40)38-37(42)39-36(41)34-32-30-28-26-24-22-20-18-16-14-12-10-8-6-4-2/h3-34H2,1-2H3,(H2,38,39,40,41,42). The van der Waals surface area contributed by atoms with Crippen molar-refractivity contribution in [1.29, 1.82) is 0 Å². The molecule has 0 aliphatic carbocycles. The van der Waals surface area contributed by atoms with Crippen molar-refractivity contribution in [2.45, 2.75) is 219 Å². The maximum absolute atomic E-state index is 12.0. The molecule has 0 saturated carbocycles. The highest BCUT2D eigenvalue weighted by molar-refractivity contribution is 6.01. The van der Waals surface area contributed by atoms with E-state index in [4.69, 9.17) is 0 Å². The zero-order chi connectivity index (χ0) is 30.8. The van der Waals surface area contributed by atoms with E-state index in [-0.39, 0.29) is 11.8 Å². The van der Waals surface area contributed by atoms with Crippen LogP contribution in [0.5, 0.6) is 0 Å². The molecule has 0 aromatic rings. The number of carbonyl (C=O) groups is 3. The van der Waals surface area contributed by atoms with Gasteiger partial charge in [-0.15, -0.1) is 0 Å². The van der Waals surface area contributed by atoms with Gasteiger partial charge in [-0.05, 0) is 12.8 Å². The number of nitrogens with one attached hydrogen (secondary N) is 2. The Labute approximate surface area is 261 Å². The van der Waals surface area contributed by atoms with Crippen molar-refractivity contribution in [2.75, 3.05) is 0 Å². The Kier molecular flexibility index (Phi) is 33.0. The SMILES string of the molecule is CCCCCCCCCCCCCCCCCC(=O)NC(=O)NC(=O)CCCCCCCCCCCCCCCCC. The highest BCUT2D eigenvalue weighted by Crippen LogP contribution is 2.15. The molecule has 0 rings (SSSR count). The van der Waals surface area contributed by atoms with Crippen molar-refractivity contribution < 1.29 is 14.4 Å². The minimum atomic E-state index is -0.674. The number of imide groups is 2. The van der Waals surface area contributed by atoms with Crippen LogP contribution in [0.1, 0.15) is 219 Å². The van der Waals surface area contributed by atoms with Gasteiger partial charge in [-0.25, -0.2) is 4.79 Å². The number of amides is 4. The van der Waals surface area contributed by atoms with Crippen LogP contribution in [-0.2, 0) is 9.59 Å². The lowest BCUT2D eigenvalue weighted by Crippen LogP contribution is -2.42. The predicted octanol–water partition coefficient (Wildman–Crippen LogP) is 11.9. The average Bonchev–Trinajstić information content (AvgIpc) is 2.97. The van der Waals surface area contributed by atoms with Crippen molar-refractivity contribution in [3.8, 4) is 0 Å². The number of unbranched alkanes of at least 4 members (excludes halogenated alkanes) is 28. The molecular weight excluding hydrogens is 520 g/mol. The van der Waals surface area contributed by atoms with Gasteiger partial charge < -0.3 is 0 Å². The minimum absolute atomic E-state index is 0.290. The van der Waals surface area contributed by atoms with Crippen molar-refractivity contribution in [3.05, 3.63) is 0 Å². The predicted molar refractivity (Wildman–Crippen MR) is 181 cm³/mol. The van der Waals surface area contributed by atoms with E-state index < -0.39 is 6.03 Å². The lowest BCUT2D eigenvalue weighted by atomic mass is 10.0. The summed E-state index contributed by atoms with van der Waals surface area (Å²) in [4.78, 5) is 35.9. The number of hydrogen-bond acceptors (Lipinski definition) is 3. The van der Waals surface area contributed by atoms with Crippen LogP contribution in [0.3, 0.4) is 0 Å².